The summed E-state index contributed by atoms with van der Waals surface area (Å²) in [5, 5.41) is 0. The van der Waals surface area contributed by atoms with Crippen molar-refractivity contribution in [2.75, 3.05) is 6.54 Å². The number of aromatic nitrogens is 2. The van der Waals surface area contributed by atoms with E-state index >= 15 is 0 Å². The summed E-state index contributed by atoms with van der Waals surface area (Å²) in [6, 6.07) is 4.26. The van der Waals surface area contributed by atoms with Crippen molar-refractivity contribution in [1.29, 1.82) is 0 Å². The van der Waals surface area contributed by atoms with E-state index in [4.69, 9.17) is 5.73 Å². The number of fused-ring (bicyclic) bond motifs is 1. The van der Waals surface area contributed by atoms with Crippen molar-refractivity contribution < 1.29 is 0 Å². The first-order valence-corrected chi connectivity index (χ1v) is 6.39. The maximum Gasteiger partial charge on any atom is 0.120 e. The summed E-state index contributed by atoms with van der Waals surface area (Å²) in [5.41, 5.74) is 8.58. The van der Waals surface area contributed by atoms with Crippen LogP contribution in [0, 0.1) is 6.92 Å². The van der Waals surface area contributed by atoms with Gasteiger partial charge in [-0.1, -0.05) is 18.9 Å². The van der Waals surface area contributed by atoms with Gasteiger partial charge in [-0.05, 0) is 31.4 Å². The van der Waals surface area contributed by atoms with E-state index in [1.54, 1.807) is 0 Å². The molecule has 3 rings (SSSR count). The molecule has 1 aliphatic carbocycles. The minimum atomic E-state index is 0.111. The Balaban J connectivity index is 2.19. The van der Waals surface area contributed by atoms with Gasteiger partial charge in [-0.3, -0.25) is 0 Å². The van der Waals surface area contributed by atoms with Crippen LogP contribution in [0.3, 0.4) is 0 Å². The SMILES string of the molecule is Cc1ccc2cnc(C3(CN)CCCC3)n2c1. The van der Waals surface area contributed by atoms with Crippen LogP contribution in [0.1, 0.15) is 37.1 Å². The Labute approximate surface area is 102 Å². The third-order valence-corrected chi connectivity index (χ3v) is 4.10. The topological polar surface area (TPSA) is 43.3 Å². The smallest absolute Gasteiger partial charge is 0.120 e. The fourth-order valence-corrected chi connectivity index (χ4v) is 3.06. The molecule has 17 heavy (non-hydrogen) atoms. The Morgan fingerprint density at radius 2 is 2.12 bits per heavy atom. The minimum Gasteiger partial charge on any atom is -0.329 e. The van der Waals surface area contributed by atoms with E-state index in [2.05, 4.69) is 34.6 Å². The molecule has 0 aromatic carbocycles. The molecule has 0 amide bonds. The summed E-state index contributed by atoms with van der Waals surface area (Å²) in [7, 11) is 0. The Morgan fingerprint density at radius 1 is 1.35 bits per heavy atom. The number of nitrogens with two attached hydrogens (primary N) is 1. The van der Waals surface area contributed by atoms with Crippen LogP contribution >= 0.6 is 0 Å². The van der Waals surface area contributed by atoms with Crippen LogP contribution in [0.25, 0.3) is 5.52 Å². The molecular weight excluding hydrogens is 210 g/mol. The summed E-state index contributed by atoms with van der Waals surface area (Å²) in [4.78, 5) is 4.64. The molecule has 0 radical (unpaired) electrons. The lowest BCUT2D eigenvalue weighted by molar-refractivity contribution is 0.423. The number of rotatable bonds is 2. The first-order valence-electron chi connectivity index (χ1n) is 6.39. The van der Waals surface area contributed by atoms with E-state index in [1.165, 1.54) is 36.8 Å². The lowest BCUT2D eigenvalue weighted by Crippen LogP contribution is -2.34. The standard InChI is InChI=1S/C14H19N3/c1-11-4-5-12-8-16-13(17(12)9-11)14(10-15)6-2-3-7-14/h4-5,8-9H,2-3,6-7,10,15H2,1H3. The van der Waals surface area contributed by atoms with E-state index < -0.39 is 0 Å². The summed E-state index contributed by atoms with van der Waals surface area (Å²) in [6.07, 6.45) is 9.04. The number of nitrogens with zero attached hydrogens (tertiary/aromatic N) is 2. The van der Waals surface area contributed by atoms with Crippen LogP contribution in [0.5, 0.6) is 0 Å². The predicted molar refractivity (Wildman–Crippen MR) is 69.1 cm³/mol. The molecule has 2 heterocycles. The van der Waals surface area contributed by atoms with Gasteiger partial charge in [0, 0.05) is 18.2 Å². The number of aryl methyl sites for hydroxylation is 1. The summed E-state index contributed by atoms with van der Waals surface area (Å²) in [5.74, 6) is 1.16. The van der Waals surface area contributed by atoms with Gasteiger partial charge in [-0.2, -0.15) is 0 Å². The van der Waals surface area contributed by atoms with Crippen LogP contribution in [0.4, 0.5) is 0 Å². The van der Waals surface area contributed by atoms with Crippen LogP contribution < -0.4 is 5.73 Å². The van der Waals surface area contributed by atoms with Gasteiger partial charge in [0.2, 0.25) is 0 Å². The maximum atomic E-state index is 6.04. The highest BCUT2D eigenvalue weighted by Gasteiger charge is 2.37. The Bertz CT molecular complexity index is 535. The second kappa shape index (κ2) is 3.84. The van der Waals surface area contributed by atoms with Crippen molar-refractivity contribution in [3.05, 3.63) is 35.9 Å². The largest absolute Gasteiger partial charge is 0.329 e. The monoisotopic (exact) mass is 229 g/mol. The summed E-state index contributed by atoms with van der Waals surface area (Å²) in [6.45, 7) is 2.83. The predicted octanol–water partition coefficient (Wildman–Crippen LogP) is 2.41. The maximum absolute atomic E-state index is 6.04. The minimum absolute atomic E-state index is 0.111. The fourth-order valence-electron chi connectivity index (χ4n) is 3.06. The van der Waals surface area contributed by atoms with E-state index in [-0.39, 0.29) is 5.41 Å². The number of imidazole rings is 1. The second-order valence-electron chi connectivity index (χ2n) is 5.27. The fraction of sp³-hybridized carbons (Fsp3) is 0.500. The highest BCUT2D eigenvalue weighted by Crippen LogP contribution is 2.39. The molecule has 2 N–H and O–H groups in total. The molecule has 0 atom stereocenters. The first kappa shape index (κ1) is 10.8. The van der Waals surface area contributed by atoms with Crippen LogP contribution in [-0.4, -0.2) is 15.9 Å². The van der Waals surface area contributed by atoms with Crippen molar-refractivity contribution >= 4 is 5.52 Å². The summed E-state index contributed by atoms with van der Waals surface area (Å²) >= 11 is 0. The lowest BCUT2D eigenvalue weighted by atomic mass is 9.85. The lowest BCUT2D eigenvalue weighted by Gasteiger charge is -2.25. The van der Waals surface area contributed by atoms with Crippen molar-refractivity contribution in [2.24, 2.45) is 5.73 Å². The van der Waals surface area contributed by atoms with Gasteiger partial charge in [0.1, 0.15) is 5.82 Å². The molecule has 0 unspecified atom stereocenters. The number of hydrogen-bond donors (Lipinski definition) is 1. The molecule has 1 fully saturated rings. The molecule has 0 spiro atoms. The molecule has 1 saturated carbocycles. The zero-order valence-electron chi connectivity index (χ0n) is 10.3. The molecule has 0 bridgehead atoms. The second-order valence-corrected chi connectivity index (χ2v) is 5.27. The number of hydrogen-bond acceptors (Lipinski definition) is 2. The van der Waals surface area contributed by atoms with Crippen LogP contribution in [0.2, 0.25) is 0 Å². The Kier molecular flexibility index (Phi) is 2.44. The van der Waals surface area contributed by atoms with Crippen molar-refractivity contribution in [3.8, 4) is 0 Å². The normalized spacial score (nSPS) is 18.9. The Hall–Kier alpha value is -1.35. The molecule has 90 valence electrons. The molecule has 3 nitrogen and oxygen atoms in total. The molecule has 3 heteroatoms. The molecule has 0 saturated heterocycles. The van der Waals surface area contributed by atoms with Crippen molar-refractivity contribution in [3.63, 3.8) is 0 Å². The zero-order chi connectivity index (χ0) is 11.9. The quantitative estimate of drug-likeness (QED) is 0.859. The summed E-state index contributed by atoms with van der Waals surface area (Å²) < 4.78 is 2.23. The van der Waals surface area contributed by atoms with Crippen molar-refractivity contribution in [2.45, 2.75) is 38.0 Å². The highest BCUT2D eigenvalue weighted by atomic mass is 15.0. The average molecular weight is 229 g/mol. The van der Waals surface area contributed by atoms with Gasteiger partial charge in [-0.15, -0.1) is 0 Å². The van der Waals surface area contributed by atoms with Crippen LogP contribution in [-0.2, 0) is 5.41 Å². The average Bonchev–Trinajstić information content (AvgIpc) is 2.94. The van der Waals surface area contributed by atoms with Gasteiger partial charge in [-0.25, -0.2) is 4.98 Å². The van der Waals surface area contributed by atoms with Gasteiger partial charge in [0.05, 0.1) is 11.7 Å². The van der Waals surface area contributed by atoms with Gasteiger partial charge in [0.15, 0.2) is 0 Å². The Morgan fingerprint density at radius 3 is 2.82 bits per heavy atom. The first-order chi connectivity index (χ1) is 8.25. The molecule has 2 aromatic rings. The van der Waals surface area contributed by atoms with E-state index in [0.717, 1.165) is 5.82 Å². The van der Waals surface area contributed by atoms with Gasteiger partial charge in [0.25, 0.3) is 0 Å². The van der Waals surface area contributed by atoms with Crippen molar-refractivity contribution in [1.82, 2.24) is 9.38 Å². The highest BCUT2D eigenvalue weighted by molar-refractivity contribution is 5.48. The van der Waals surface area contributed by atoms with Gasteiger partial charge < -0.3 is 10.1 Å². The van der Waals surface area contributed by atoms with Crippen LogP contribution in [0.15, 0.2) is 24.5 Å². The van der Waals surface area contributed by atoms with Gasteiger partial charge >= 0.3 is 0 Å². The third-order valence-electron chi connectivity index (χ3n) is 4.10. The molecule has 2 aromatic heterocycles. The molecule has 0 aliphatic heterocycles. The number of pyridine rings is 1. The molecule has 1 aliphatic rings. The van der Waals surface area contributed by atoms with E-state index in [9.17, 15) is 0 Å². The van der Waals surface area contributed by atoms with E-state index in [0.29, 0.717) is 6.54 Å². The molecular formula is C14H19N3. The van der Waals surface area contributed by atoms with E-state index in [1.807, 2.05) is 6.20 Å². The zero-order valence-corrected chi connectivity index (χ0v) is 10.3. The third kappa shape index (κ3) is 1.57.